The van der Waals surface area contributed by atoms with E-state index in [9.17, 15) is 4.79 Å². The molecule has 19 heavy (non-hydrogen) atoms. The first kappa shape index (κ1) is 13.4. The third-order valence-electron chi connectivity index (χ3n) is 2.60. The Morgan fingerprint density at radius 2 is 2.21 bits per heavy atom. The third kappa shape index (κ3) is 3.70. The lowest BCUT2D eigenvalue weighted by molar-refractivity contribution is 0.262. The Hall–Kier alpha value is -2.06. The molecule has 2 aromatic rings. The van der Waals surface area contributed by atoms with E-state index >= 15 is 0 Å². The maximum absolute atomic E-state index is 11.7. The molecule has 0 spiro atoms. The van der Waals surface area contributed by atoms with Gasteiger partial charge in [0.15, 0.2) is 0 Å². The molecule has 3 N–H and O–H groups in total. The number of amides is 2. The molecule has 2 rings (SSSR count). The highest BCUT2D eigenvalue weighted by atomic mass is 32.1. The van der Waals surface area contributed by atoms with Crippen molar-refractivity contribution in [2.75, 3.05) is 17.7 Å². The maximum atomic E-state index is 11.7. The highest BCUT2D eigenvalue weighted by molar-refractivity contribution is 7.09. The van der Waals surface area contributed by atoms with Gasteiger partial charge in [-0.2, -0.15) is 0 Å². The van der Waals surface area contributed by atoms with Crippen molar-refractivity contribution in [2.45, 2.75) is 13.0 Å². The largest absolute Gasteiger partial charge is 0.325 e. The number of rotatable bonds is 4. The van der Waals surface area contributed by atoms with Crippen molar-refractivity contribution in [3.63, 3.8) is 0 Å². The monoisotopic (exact) mass is 278 g/mol. The number of nitrogens with zero attached hydrogens (tertiary/aromatic N) is 3. The Morgan fingerprint density at radius 1 is 1.37 bits per heavy atom. The van der Waals surface area contributed by atoms with Crippen LogP contribution in [0.5, 0.6) is 0 Å². The lowest BCUT2D eigenvalue weighted by Crippen LogP contribution is -2.19. The van der Waals surface area contributed by atoms with E-state index in [1.54, 1.807) is 0 Å². The van der Waals surface area contributed by atoms with E-state index in [1.165, 1.54) is 0 Å². The lowest BCUT2D eigenvalue weighted by Gasteiger charge is -2.12. The van der Waals surface area contributed by atoms with Crippen molar-refractivity contribution in [1.82, 2.24) is 20.1 Å². The van der Waals surface area contributed by atoms with Crippen LogP contribution in [0.2, 0.25) is 0 Å². The highest BCUT2D eigenvalue weighted by Gasteiger charge is 2.07. The number of carbonyl (C=O) groups is 1. The Kier molecular flexibility index (Phi) is 4.37. The summed E-state index contributed by atoms with van der Waals surface area (Å²) in [5.74, 6) is 0. The van der Waals surface area contributed by atoms with Gasteiger partial charge in [-0.05, 0) is 36.9 Å². The van der Waals surface area contributed by atoms with Crippen LogP contribution in [0.4, 0.5) is 15.6 Å². The molecule has 1 unspecified atom stereocenters. The molecule has 0 aliphatic rings. The van der Waals surface area contributed by atoms with E-state index in [4.69, 9.17) is 0 Å². The molecule has 0 bridgehead atoms. The van der Waals surface area contributed by atoms with E-state index in [0.29, 0.717) is 5.13 Å². The highest BCUT2D eigenvalue weighted by Crippen LogP contribution is 2.17. The first-order valence-corrected chi connectivity index (χ1v) is 6.46. The van der Waals surface area contributed by atoms with Gasteiger partial charge in [0.25, 0.3) is 0 Å². The van der Waals surface area contributed by atoms with Gasteiger partial charge in [0.05, 0.1) is 0 Å². The van der Waals surface area contributed by atoms with Gasteiger partial charge in [0.2, 0.25) is 5.13 Å². The summed E-state index contributed by atoms with van der Waals surface area (Å²) in [6, 6.07) is 7.48. The zero-order chi connectivity index (χ0) is 13.7. The van der Waals surface area contributed by atoms with E-state index in [1.807, 2.05) is 38.2 Å². The molecule has 1 atom stereocenters. The van der Waals surface area contributed by atoms with Crippen LogP contribution in [0.25, 0.3) is 0 Å². The standard InChI is InChI=1S/C11H14N6OS/c1-7(12-2)8-4-3-5-9(6-8)13-10(18)14-11-15-16-17-19-11/h3-7,12H,1-2H3,(H2,13,14,15,17,18). The fraction of sp³-hybridized carbons (Fsp3) is 0.273. The van der Waals surface area contributed by atoms with Crippen LogP contribution in [0.1, 0.15) is 18.5 Å². The number of aromatic nitrogens is 3. The van der Waals surface area contributed by atoms with Crippen LogP contribution >= 0.6 is 11.5 Å². The topological polar surface area (TPSA) is 91.8 Å². The first-order chi connectivity index (χ1) is 9.19. The van der Waals surface area contributed by atoms with Crippen LogP contribution < -0.4 is 16.0 Å². The maximum Gasteiger partial charge on any atom is 0.325 e. The summed E-state index contributed by atoms with van der Waals surface area (Å²) < 4.78 is 3.56. The normalized spacial score (nSPS) is 11.9. The van der Waals surface area contributed by atoms with Gasteiger partial charge in [-0.25, -0.2) is 4.79 Å². The first-order valence-electron chi connectivity index (χ1n) is 5.69. The number of nitrogens with one attached hydrogen (secondary N) is 3. The molecule has 2 amide bonds. The van der Waals surface area contributed by atoms with E-state index < -0.39 is 0 Å². The summed E-state index contributed by atoms with van der Waals surface area (Å²) in [7, 11) is 1.89. The fourth-order valence-electron chi connectivity index (χ4n) is 1.49. The van der Waals surface area contributed by atoms with Crippen LogP contribution in [-0.4, -0.2) is 27.9 Å². The minimum atomic E-state index is -0.368. The van der Waals surface area contributed by atoms with Gasteiger partial charge >= 0.3 is 6.03 Å². The van der Waals surface area contributed by atoms with Crippen molar-refractivity contribution in [3.8, 4) is 0 Å². The van der Waals surface area contributed by atoms with Crippen LogP contribution in [0.3, 0.4) is 0 Å². The Morgan fingerprint density at radius 3 is 2.89 bits per heavy atom. The van der Waals surface area contributed by atoms with Crippen molar-refractivity contribution >= 4 is 28.4 Å². The van der Waals surface area contributed by atoms with Gasteiger partial charge in [-0.15, -0.1) is 0 Å². The second-order valence-corrected chi connectivity index (χ2v) is 4.62. The smallest absolute Gasteiger partial charge is 0.313 e. The molecule has 0 saturated heterocycles. The van der Waals surface area contributed by atoms with Crippen LogP contribution in [0.15, 0.2) is 24.3 Å². The van der Waals surface area contributed by atoms with Crippen LogP contribution in [-0.2, 0) is 0 Å². The molecule has 0 fully saturated rings. The number of anilines is 2. The molecular formula is C11H14N6OS. The van der Waals surface area contributed by atoms with Gasteiger partial charge in [0, 0.05) is 23.3 Å². The van der Waals surface area contributed by atoms with Gasteiger partial charge < -0.3 is 10.6 Å². The number of hydrogen-bond acceptors (Lipinski definition) is 6. The van der Waals surface area contributed by atoms with Gasteiger partial charge in [-0.3, -0.25) is 5.32 Å². The van der Waals surface area contributed by atoms with Crippen molar-refractivity contribution < 1.29 is 4.79 Å². The van der Waals surface area contributed by atoms with Crippen LogP contribution in [0, 0.1) is 0 Å². The third-order valence-corrected chi connectivity index (χ3v) is 3.11. The number of benzene rings is 1. The molecular weight excluding hydrogens is 264 g/mol. The predicted octanol–water partition coefficient (Wildman–Crippen LogP) is 1.86. The van der Waals surface area contributed by atoms with Gasteiger partial charge in [-0.1, -0.05) is 21.7 Å². The van der Waals surface area contributed by atoms with E-state index in [2.05, 4.69) is 30.8 Å². The molecule has 0 saturated carbocycles. The Labute approximate surface area is 114 Å². The summed E-state index contributed by atoms with van der Waals surface area (Å²) >= 11 is 1.02. The number of urea groups is 1. The summed E-state index contributed by atoms with van der Waals surface area (Å²) in [6.45, 7) is 2.05. The van der Waals surface area contributed by atoms with E-state index in [0.717, 1.165) is 22.8 Å². The molecule has 1 aromatic carbocycles. The molecule has 7 nitrogen and oxygen atoms in total. The molecule has 8 heteroatoms. The average Bonchev–Trinajstić information content (AvgIpc) is 2.90. The Bertz CT molecular complexity index is 544. The Balaban J connectivity index is 2.00. The molecule has 0 aliphatic carbocycles. The molecule has 0 aliphatic heterocycles. The van der Waals surface area contributed by atoms with Gasteiger partial charge in [0.1, 0.15) is 0 Å². The lowest BCUT2D eigenvalue weighted by atomic mass is 10.1. The minimum absolute atomic E-state index is 0.220. The van der Waals surface area contributed by atoms with Crippen molar-refractivity contribution in [2.24, 2.45) is 0 Å². The number of hydrogen-bond donors (Lipinski definition) is 3. The van der Waals surface area contributed by atoms with E-state index in [-0.39, 0.29) is 12.1 Å². The average molecular weight is 278 g/mol. The quantitative estimate of drug-likeness (QED) is 0.794. The van der Waals surface area contributed by atoms with Crippen molar-refractivity contribution in [1.29, 1.82) is 0 Å². The number of carbonyl (C=O) groups excluding carboxylic acids is 1. The second-order valence-electron chi connectivity index (χ2n) is 3.88. The summed E-state index contributed by atoms with van der Waals surface area (Å²) in [5.41, 5.74) is 1.81. The predicted molar refractivity (Wildman–Crippen MR) is 74.3 cm³/mol. The fourth-order valence-corrected chi connectivity index (χ4v) is 1.86. The zero-order valence-corrected chi connectivity index (χ0v) is 11.4. The summed E-state index contributed by atoms with van der Waals surface area (Å²) in [4.78, 5) is 11.7. The molecule has 1 heterocycles. The molecule has 100 valence electrons. The zero-order valence-electron chi connectivity index (χ0n) is 10.5. The molecule has 0 radical (unpaired) electrons. The minimum Gasteiger partial charge on any atom is -0.313 e. The molecule has 1 aromatic heterocycles. The van der Waals surface area contributed by atoms with Crippen molar-refractivity contribution in [3.05, 3.63) is 29.8 Å². The second kappa shape index (κ2) is 6.21. The summed E-state index contributed by atoms with van der Waals surface area (Å²) in [5, 5.41) is 15.8. The summed E-state index contributed by atoms with van der Waals surface area (Å²) in [6.07, 6.45) is 0. The SMILES string of the molecule is CNC(C)c1cccc(NC(=O)Nc2nnns2)c1.